The number of hydrogen-bond acceptors (Lipinski definition) is 4. The van der Waals surface area contributed by atoms with Gasteiger partial charge in [-0.25, -0.2) is 4.83 Å². The number of aromatic hydroxyl groups is 1. The Morgan fingerprint density at radius 2 is 1.81 bits per heavy atom. The Labute approximate surface area is 152 Å². The van der Waals surface area contributed by atoms with E-state index in [-0.39, 0.29) is 10.6 Å². The zero-order chi connectivity index (χ0) is 18.6. The molecule has 5 nitrogen and oxygen atoms in total. The topological polar surface area (TPSA) is 78.8 Å². The quantitative estimate of drug-likeness (QED) is 0.397. The van der Waals surface area contributed by atoms with Crippen molar-refractivity contribution in [2.24, 2.45) is 5.10 Å². The van der Waals surface area contributed by atoms with E-state index in [2.05, 4.69) is 16.5 Å². The number of sulfonamides is 1. The number of para-hydroxylation sites is 1. The lowest BCUT2D eigenvalue weighted by Gasteiger charge is -2.06. The number of hydrogen-bond donors (Lipinski definition) is 2. The van der Waals surface area contributed by atoms with E-state index in [4.69, 9.17) is 0 Å². The van der Waals surface area contributed by atoms with Crippen molar-refractivity contribution in [2.45, 2.75) is 11.3 Å². The van der Waals surface area contributed by atoms with Gasteiger partial charge < -0.3 is 5.11 Å². The molecular weight excluding hydrogens is 348 g/mol. The maximum Gasteiger partial charge on any atom is 0.276 e. The van der Waals surface area contributed by atoms with Crippen LogP contribution in [-0.4, -0.2) is 19.7 Å². The molecule has 0 atom stereocenters. The van der Waals surface area contributed by atoms with E-state index in [0.29, 0.717) is 17.5 Å². The molecule has 3 aromatic carbocycles. The van der Waals surface area contributed by atoms with Crippen molar-refractivity contribution in [3.05, 3.63) is 84.4 Å². The Hall–Kier alpha value is -3.12. The van der Waals surface area contributed by atoms with Crippen molar-refractivity contribution in [2.75, 3.05) is 0 Å². The molecule has 0 spiro atoms. The van der Waals surface area contributed by atoms with E-state index < -0.39 is 10.0 Å². The highest BCUT2D eigenvalue weighted by molar-refractivity contribution is 7.89. The standard InChI is InChI=1S/C20H18N2O3S/c1-2-6-16-9-5-10-18(20(16)23)14-21-22-26(24,25)19-12-11-15-7-3-4-8-17(15)13-19/h2-5,7-14,22-23H,1,6H2/b21-14+. The zero-order valence-electron chi connectivity index (χ0n) is 14.0. The first-order chi connectivity index (χ1) is 12.5. The van der Waals surface area contributed by atoms with Gasteiger partial charge in [0, 0.05) is 5.56 Å². The van der Waals surface area contributed by atoms with E-state index in [0.717, 1.165) is 10.8 Å². The molecule has 0 fully saturated rings. The summed E-state index contributed by atoms with van der Waals surface area (Å²) in [5, 5.41) is 15.7. The first kappa shape index (κ1) is 17.7. The number of benzene rings is 3. The third kappa shape index (κ3) is 3.75. The number of fused-ring (bicyclic) bond motifs is 1. The van der Waals surface area contributed by atoms with Crippen molar-refractivity contribution in [1.29, 1.82) is 0 Å². The smallest absolute Gasteiger partial charge is 0.276 e. The first-order valence-electron chi connectivity index (χ1n) is 7.97. The molecule has 0 aliphatic heterocycles. The molecule has 3 rings (SSSR count). The molecule has 132 valence electrons. The van der Waals surface area contributed by atoms with Gasteiger partial charge in [0.05, 0.1) is 11.1 Å². The van der Waals surface area contributed by atoms with E-state index in [1.807, 2.05) is 24.3 Å². The third-order valence-electron chi connectivity index (χ3n) is 3.92. The third-order valence-corrected chi connectivity index (χ3v) is 5.14. The maximum atomic E-state index is 12.4. The molecule has 0 saturated heterocycles. The van der Waals surface area contributed by atoms with Gasteiger partial charge in [-0.3, -0.25) is 0 Å². The lowest BCUT2D eigenvalue weighted by molar-refractivity contribution is 0.469. The summed E-state index contributed by atoms with van der Waals surface area (Å²) in [6.07, 6.45) is 3.47. The number of rotatable bonds is 6. The van der Waals surface area contributed by atoms with Crippen LogP contribution in [0.25, 0.3) is 10.8 Å². The summed E-state index contributed by atoms with van der Waals surface area (Å²) in [6.45, 7) is 3.64. The predicted molar refractivity (Wildman–Crippen MR) is 104 cm³/mol. The van der Waals surface area contributed by atoms with Gasteiger partial charge in [0.1, 0.15) is 5.75 Å². The van der Waals surface area contributed by atoms with Gasteiger partial charge in [-0.05, 0) is 41.0 Å². The van der Waals surface area contributed by atoms with Crippen LogP contribution in [0.15, 0.2) is 83.3 Å². The molecule has 26 heavy (non-hydrogen) atoms. The fourth-order valence-electron chi connectivity index (χ4n) is 2.59. The Bertz CT molecular complexity index is 1090. The number of nitrogens with zero attached hydrogens (tertiary/aromatic N) is 1. The van der Waals surface area contributed by atoms with Gasteiger partial charge in [-0.2, -0.15) is 13.5 Å². The molecule has 0 heterocycles. The molecule has 0 amide bonds. The number of phenolic OH excluding ortho intramolecular Hbond substituents is 1. The highest BCUT2D eigenvalue weighted by Gasteiger charge is 2.13. The molecule has 0 unspecified atom stereocenters. The summed E-state index contributed by atoms with van der Waals surface area (Å²) in [5.74, 6) is 0.0565. The van der Waals surface area contributed by atoms with Gasteiger partial charge >= 0.3 is 0 Å². The van der Waals surface area contributed by atoms with Crippen LogP contribution in [0.4, 0.5) is 0 Å². The Balaban J connectivity index is 1.82. The lowest BCUT2D eigenvalue weighted by atomic mass is 10.1. The molecular formula is C20H18N2O3S. The minimum Gasteiger partial charge on any atom is -0.507 e. The average Bonchev–Trinajstić information content (AvgIpc) is 2.64. The normalized spacial score (nSPS) is 11.7. The Morgan fingerprint density at radius 3 is 2.58 bits per heavy atom. The Kier molecular flexibility index (Phi) is 5.04. The van der Waals surface area contributed by atoms with Gasteiger partial charge in [0.25, 0.3) is 10.0 Å². The highest BCUT2D eigenvalue weighted by Crippen LogP contribution is 2.22. The summed E-state index contributed by atoms with van der Waals surface area (Å²) in [5.41, 5.74) is 1.12. The van der Waals surface area contributed by atoms with Crippen LogP contribution in [-0.2, 0) is 16.4 Å². The second-order valence-electron chi connectivity index (χ2n) is 5.71. The van der Waals surface area contributed by atoms with Crippen molar-refractivity contribution in [3.63, 3.8) is 0 Å². The van der Waals surface area contributed by atoms with Crippen molar-refractivity contribution in [3.8, 4) is 5.75 Å². The minimum absolute atomic E-state index is 0.0565. The fourth-order valence-corrected chi connectivity index (χ4v) is 3.41. The predicted octanol–water partition coefficient (Wildman–Crippen LogP) is 3.59. The maximum absolute atomic E-state index is 12.4. The minimum atomic E-state index is -3.80. The highest BCUT2D eigenvalue weighted by atomic mass is 32.2. The van der Waals surface area contributed by atoms with Crippen molar-refractivity contribution in [1.82, 2.24) is 4.83 Å². The van der Waals surface area contributed by atoms with E-state index in [1.54, 1.807) is 36.4 Å². The number of phenols is 1. The molecule has 0 aromatic heterocycles. The molecule has 0 radical (unpaired) electrons. The first-order valence-corrected chi connectivity index (χ1v) is 9.45. The monoisotopic (exact) mass is 366 g/mol. The summed E-state index contributed by atoms with van der Waals surface area (Å²) in [4.78, 5) is 2.30. The summed E-state index contributed by atoms with van der Waals surface area (Å²) in [6, 6.07) is 17.6. The largest absolute Gasteiger partial charge is 0.507 e. The van der Waals surface area contributed by atoms with Crippen LogP contribution in [0, 0.1) is 0 Å². The van der Waals surface area contributed by atoms with Crippen LogP contribution in [0.3, 0.4) is 0 Å². The second-order valence-corrected chi connectivity index (χ2v) is 7.37. The van der Waals surface area contributed by atoms with Gasteiger partial charge in [-0.1, -0.05) is 48.5 Å². The van der Waals surface area contributed by atoms with E-state index >= 15 is 0 Å². The molecule has 0 bridgehead atoms. The van der Waals surface area contributed by atoms with Crippen LogP contribution in [0.1, 0.15) is 11.1 Å². The summed E-state index contributed by atoms with van der Waals surface area (Å²) < 4.78 is 24.8. The van der Waals surface area contributed by atoms with Gasteiger partial charge in [0.15, 0.2) is 0 Å². The fraction of sp³-hybridized carbons (Fsp3) is 0.0500. The summed E-state index contributed by atoms with van der Waals surface area (Å²) >= 11 is 0. The van der Waals surface area contributed by atoms with E-state index in [1.165, 1.54) is 12.3 Å². The van der Waals surface area contributed by atoms with Crippen LogP contribution in [0.5, 0.6) is 5.75 Å². The number of allylic oxidation sites excluding steroid dienone is 1. The molecule has 0 aliphatic carbocycles. The van der Waals surface area contributed by atoms with E-state index in [9.17, 15) is 13.5 Å². The SMILES string of the molecule is C=CCc1cccc(/C=N/NS(=O)(=O)c2ccc3ccccc3c2)c1O. The van der Waals surface area contributed by atoms with Crippen LogP contribution in [0.2, 0.25) is 0 Å². The molecule has 6 heteroatoms. The van der Waals surface area contributed by atoms with Gasteiger partial charge in [-0.15, -0.1) is 6.58 Å². The van der Waals surface area contributed by atoms with Crippen LogP contribution >= 0.6 is 0 Å². The molecule has 0 saturated carbocycles. The Morgan fingerprint density at radius 1 is 1.04 bits per heavy atom. The average molecular weight is 366 g/mol. The number of nitrogens with one attached hydrogen (secondary N) is 1. The van der Waals surface area contributed by atoms with Crippen molar-refractivity contribution < 1.29 is 13.5 Å². The lowest BCUT2D eigenvalue weighted by Crippen LogP contribution is -2.18. The number of hydrazone groups is 1. The van der Waals surface area contributed by atoms with Gasteiger partial charge in [0.2, 0.25) is 0 Å². The summed E-state index contributed by atoms with van der Waals surface area (Å²) in [7, 11) is -3.80. The molecule has 3 aromatic rings. The van der Waals surface area contributed by atoms with Crippen molar-refractivity contribution >= 4 is 27.0 Å². The van der Waals surface area contributed by atoms with Crippen LogP contribution < -0.4 is 4.83 Å². The molecule has 2 N–H and O–H groups in total. The zero-order valence-corrected chi connectivity index (χ0v) is 14.8. The molecule has 0 aliphatic rings. The second kappa shape index (κ2) is 7.41.